The van der Waals surface area contributed by atoms with Gasteiger partial charge in [0.2, 0.25) is 0 Å². The Bertz CT molecular complexity index is 433. The lowest BCUT2D eigenvalue weighted by atomic mass is 10.0. The molecule has 3 heteroatoms. The zero-order chi connectivity index (χ0) is 13.0. The van der Waals surface area contributed by atoms with Gasteiger partial charge in [-0.15, -0.1) is 11.3 Å². The smallest absolute Gasteiger partial charge is 0.120 e. The lowest BCUT2D eigenvalue weighted by Crippen LogP contribution is -2.28. The zero-order valence-electron chi connectivity index (χ0n) is 11.2. The molecule has 0 aliphatic heterocycles. The molecular formula is C15H21NOS. The van der Waals surface area contributed by atoms with Gasteiger partial charge in [0.1, 0.15) is 5.76 Å². The van der Waals surface area contributed by atoms with E-state index in [4.69, 9.17) is 4.42 Å². The summed E-state index contributed by atoms with van der Waals surface area (Å²) in [6.07, 6.45) is 2.78. The average molecular weight is 263 g/mol. The van der Waals surface area contributed by atoms with Gasteiger partial charge in [-0.3, -0.25) is 5.32 Å². The van der Waals surface area contributed by atoms with Crippen molar-refractivity contribution in [3.63, 3.8) is 0 Å². The predicted octanol–water partition coefficient (Wildman–Crippen LogP) is 4.78. The van der Waals surface area contributed by atoms with Crippen LogP contribution in [0, 0.1) is 5.92 Å². The molecule has 2 nitrogen and oxygen atoms in total. The molecule has 18 heavy (non-hydrogen) atoms. The molecule has 2 aromatic rings. The van der Waals surface area contributed by atoms with Gasteiger partial charge in [0.15, 0.2) is 0 Å². The molecule has 0 saturated carbocycles. The zero-order valence-corrected chi connectivity index (χ0v) is 12.0. The van der Waals surface area contributed by atoms with E-state index in [1.54, 1.807) is 6.26 Å². The SMILES string of the molecule is CCC(NC(c1cccs1)C(C)C)c1ccco1. The van der Waals surface area contributed by atoms with Gasteiger partial charge in [0, 0.05) is 10.9 Å². The summed E-state index contributed by atoms with van der Waals surface area (Å²) in [5.41, 5.74) is 0. The molecule has 2 unspecified atom stereocenters. The first-order valence-electron chi connectivity index (χ1n) is 6.55. The number of thiophene rings is 1. The van der Waals surface area contributed by atoms with E-state index >= 15 is 0 Å². The van der Waals surface area contributed by atoms with E-state index in [-0.39, 0.29) is 6.04 Å². The van der Waals surface area contributed by atoms with E-state index in [0.29, 0.717) is 12.0 Å². The van der Waals surface area contributed by atoms with Gasteiger partial charge in [-0.05, 0) is 35.9 Å². The molecule has 0 bridgehead atoms. The number of hydrogen-bond acceptors (Lipinski definition) is 3. The van der Waals surface area contributed by atoms with Gasteiger partial charge < -0.3 is 4.42 Å². The molecule has 2 aromatic heterocycles. The Morgan fingerprint density at radius 3 is 2.61 bits per heavy atom. The fraction of sp³-hybridized carbons (Fsp3) is 0.467. The normalized spacial score (nSPS) is 14.9. The number of nitrogens with one attached hydrogen (secondary N) is 1. The minimum Gasteiger partial charge on any atom is -0.468 e. The van der Waals surface area contributed by atoms with Crippen molar-refractivity contribution < 1.29 is 4.42 Å². The minimum atomic E-state index is 0.287. The first kappa shape index (κ1) is 13.4. The van der Waals surface area contributed by atoms with Crippen LogP contribution in [0.25, 0.3) is 0 Å². The number of hydrogen-bond donors (Lipinski definition) is 1. The minimum absolute atomic E-state index is 0.287. The Morgan fingerprint density at radius 1 is 1.28 bits per heavy atom. The Morgan fingerprint density at radius 2 is 2.11 bits per heavy atom. The largest absolute Gasteiger partial charge is 0.468 e. The van der Waals surface area contributed by atoms with Crippen LogP contribution in [0.5, 0.6) is 0 Å². The van der Waals surface area contributed by atoms with Gasteiger partial charge in [-0.25, -0.2) is 0 Å². The second-order valence-corrected chi connectivity index (χ2v) is 5.86. The third kappa shape index (κ3) is 3.03. The van der Waals surface area contributed by atoms with Crippen LogP contribution >= 0.6 is 11.3 Å². The van der Waals surface area contributed by atoms with Crippen molar-refractivity contribution in [2.24, 2.45) is 5.92 Å². The van der Waals surface area contributed by atoms with Crippen LogP contribution in [-0.2, 0) is 0 Å². The quantitative estimate of drug-likeness (QED) is 0.811. The highest BCUT2D eigenvalue weighted by Gasteiger charge is 2.22. The van der Waals surface area contributed by atoms with Crippen LogP contribution in [0.3, 0.4) is 0 Å². The summed E-state index contributed by atoms with van der Waals surface area (Å²) >= 11 is 1.82. The fourth-order valence-corrected chi connectivity index (χ4v) is 3.14. The topological polar surface area (TPSA) is 25.2 Å². The Kier molecular flexibility index (Phi) is 4.61. The van der Waals surface area contributed by atoms with Crippen molar-refractivity contribution in [3.05, 3.63) is 46.5 Å². The molecular weight excluding hydrogens is 242 g/mol. The molecule has 0 amide bonds. The van der Waals surface area contributed by atoms with Crippen molar-refractivity contribution in [2.75, 3.05) is 0 Å². The summed E-state index contributed by atoms with van der Waals surface area (Å²) in [5.74, 6) is 1.59. The van der Waals surface area contributed by atoms with Gasteiger partial charge in [0.05, 0.1) is 12.3 Å². The van der Waals surface area contributed by atoms with E-state index < -0.39 is 0 Å². The molecule has 0 radical (unpaired) electrons. The third-order valence-corrected chi connectivity index (χ3v) is 4.15. The van der Waals surface area contributed by atoms with Gasteiger partial charge in [0.25, 0.3) is 0 Å². The molecule has 2 heterocycles. The lowest BCUT2D eigenvalue weighted by Gasteiger charge is -2.26. The fourth-order valence-electron chi connectivity index (χ4n) is 2.18. The summed E-state index contributed by atoms with van der Waals surface area (Å²) < 4.78 is 5.53. The highest BCUT2D eigenvalue weighted by atomic mass is 32.1. The van der Waals surface area contributed by atoms with E-state index in [9.17, 15) is 0 Å². The second-order valence-electron chi connectivity index (χ2n) is 4.88. The highest BCUT2D eigenvalue weighted by molar-refractivity contribution is 7.10. The molecule has 0 aromatic carbocycles. The first-order chi connectivity index (χ1) is 8.72. The van der Waals surface area contributed by atoms with E-state index in [0.717, 1.165) is 12.2 Å². The monoisotopic (exact) mass is 263 g/mol. The van der Waals surface area contributed by atoms with Crippen molar-refractivity contribution in [3.8, 4) is 0 Å². The second kappa shape index (κ2) is 6.21. The maximum atomic E-state index is 5.53. The molecule has 98 valence electrons. The van der Waals surface area contributed by atoms with E-state index in [2.05, 4.69) is 43.6 Å². The molecule has 1 N–H and O–H groups in total. The maximum absolute atomic E-state index is 5.53. The summed E-state index contributed by atoms with van der Waals surface area (Å²) in [7, 11) is 0. The molecule has 0 fully saturated rings. The number of rotatable bonds is 6. The molecule has 2 rings (SSSR count). The molecule has 2 atom stereocenters. The molecule has 0 spiro atoms. The summed E-state index contributed by atoms with van der Waals surface area (Å²) in [4.78, 5) is 1.40. The van der Waals surface area contributed by atoms with Crippen molar-refractivity contribution >= 4 is 11.3 Å². The molecule has 0 aliphatic rings. The summed E-state index contributed by atoms with van der Waals surface area (Å²) in [5, 5.41) is 5.86. The maximum Gasteiger partial charge on any atom is 0.120 e. The van der Waals surface area contributed by atoms with Crippen molar-refractivity contribution in [2.45, 2.75) is 39.3 Å². The lowest BCUT2D eigenvalue weighted by molar-refractivity contribution is 0.325. The van der Waals surface area contributed by atoms with Crippen molar-refractivity contribution in [1.29, 1.82) is 0 Å². The molecule has 0 aliphatic carbocycles. The van der Waals surface area contributed by atoms with Crippen molar-refractivity contribution in [1.82, 2.24) is 5.32 Å². The highest BCUT2D eigenvalue weighted by Crippen LogP contribution is 2.30. The average Bonchev–Trinajstić information content (AvgIpc) is 3.02. The van der Waals surface area contributed by atoms with Gasteiger partial charge >= 0.3 is 0 Å². The summed E-state index contributed by atoms with van der Waals surface area (Å²) in [6.45, 7) is 6.70. The van der Waals surface area contributed by atoms with Crippen LogP contribution in [0.4, 0.5) is 0 Å². The van der Waals surface area contributed by atoms with Gasteiger partial charge in [-0.2, -0.15) is 0 Å². The molecule has 0 saturated heterocycles. The number of furan rings is 1. The Labute approximate surface area is 113 Å². The predicted molar refractivity (Wildman–Crippen MR) is 76.8 cm³/mol. The standard InChI is InChI=1S/C15H21NOS/c1-4-12(13-7-5-9-17-13)16-15(11(2)3)14-8-6-10-18-14/h5-12,15-16H,4H2,1-3H3. The van der Waals surface area contributed by atoms with Crippen LogP contribution in [0.15, 0.2) is 40.3 Å². The van der Waals surface area contributed by atoms with Crippen LogP contribution in [0.2, 0.25) is 0 Å². The van der Waals surface area contributed by atoms with E-state index in [1.165, 1.54) is 4.88 Å². The first-order valence-corrected chi connectivity index (χ1v) is 7.43. The van der Waals surface area contributed by atoms with Gasteiger partial charge in [-0.1, -0.05) is 26.8 Å². The third-order valence-electron chi connectivity index (χ3n) is 3.19. The van der Waals surface area contributed by atoms with Crippen LogP contribution < -0.4 is 5.32 Å². The summed E-state index contributed by atoms with van der Waals surface area (Å²) in [6, 6.07) is 9.00. The van der Waals surface area contributed by atoms with E-state index in [1.807, 2.05) is 23.5 Å². The van der Waals surface area contributed by atoms with Crippen LogP contribution in [-0.4, -0.2) is 0 Å². The Balaban J connectivity index is 2.13. The Hall–Kier alpha value is -1.06. The van der Waals surface area contributed by atoms with Crippen LogP contribution in [0.1, 0.15) is 49.9 Å².